The number of ether oxygens (including phenoxy) is 1. The lowest BCUT2D eigenvalue weighted by atomic mass is 10.2. The van der Waals surface area contributed by atoms with Gasteiger partial charge in [0, 0.05) is 12.1 Å². The number of aromatic amines is 1. The molecule has 1 saturated carbocycles. The zero-order valence-corrected chi connectivity index (χ0v) is 9.17. The average molecular weight is 235 g/mol. The Morgan fingerprint density at radius 3 is 3.18 bits per heavy atom. The van der Waals surface area contributed by atoms with Crippen molar-refractivity contribution in [1.29, 1.82) is 0 Å². The van der Waals surface area contributed by atoms with E-state index in [1.165, 1.54) is 10.7 Å². The molecule has 0 aromatic carbocycles. The number of fused-ring (bicyclic) bond motifs is 1. The summed E-state index contributed by atoms with van der Waals surface area (Å²) in [7, 11) is 0. The van der Waals surface area contributed by atoms with Gasteiger partial charge in [-0.2, -0.15) is 5.10 Å². The normalized spacial score (nSPS) is 24.3. The summed E-state index contributed by atoms with van der Waals surface area (Å²) < 4.78 is 7.02. The van der Waals surface area contributed by atoms with Crippen molar-refractivity contribution in [1.82, 2.24) is 19.6 Å². The van der Waals surface area contributed by atoms with Crippen molar-refractivity contribution in [2.45, 2.75) is 31.4 Å². The first-order valence-electron chi connectivity index (χ1n) is 5.59. The summed E-state index contributed by atoms with van der Waals surface area (Å²) >= 11 is 0. The number of nitrogens with one attached hydrogen (secondary N) is 1. The van der Waals surface area contributed by atoms with Crippen LogP contribution in [0.15, 0.2) is 17.2 Å². The highest BCUT2D eigenvalue weighted by Crippen LogP contribution is 2.22. The lowest BCUT2D eigenvalue weighted by Gasteiger charge is -2.16. The van der Waals surface area contributed by atoms with Crippen LogP contribution in [0.2, 0.25) is 0 Å². The summed E-state index contributed by atoms with van der Waals surface area (Å²) in [6, 6.07) is 1.69. The molecular weight excluding hydrogens is 222 g/mol. The number of hydrogen-bond acceptors (Lipinski definition) is 5. The van der Waals surface area contributed by atoms with Gasteiger partial charge in [-0.15, -0.1) is 0 Å². The maximum atomic E-state index is 11.2. The number of nitrogens with two attached hydrogens (primary N) is 1. The van der Waals surface area contributed by atoms with E-state index in [-0.39, 0.29) is 17.8 Å². The Kier molecular flexibility index (Phi) is 2.32. The molecule has 3 N–H and O–H groups in total. The minimum Gasteiger partial charge on any atom is -0.473 e. The summed E-state index contributed by atoms with van der Waals surface area (Å²) in [5.74, 6) is 0.457. The van der Waals surface area contributed by atoms with Crippen LogP contribution in [0.5, 0.6) is 5.88 Å². The van der Waals surface area contributed by atoms with E-state index in [4.69, 9.17) is 10.5 Å². The molecule has 2 atom stereocenters. The topological polar surface area (TPSA) is 98.3 Å². The molecule has 2 aromatic heterocycles. The number of hydrogen-bond donors (Lipinski definition) is 2. The second kappa shape index (κ2) is 3.85. The van der Waals surface area contributed by atoms with E-state index < -0.39 is 0 Å². The summed E-state index contributed by atoms with van der Waals surface area (Å²) in [6.07, 6.45) is 4.42. The SMILES string of the molecule is NC1CCCC1Oc1cc2n[nH]c(=O)n2cn1. The van der Waals surface area contributed by atoms with Crippen LogP contribution in [-0.2, 0) is 0 Å². The Morgan fingerprint density at radius 1 is 1.53 bits per heavy atom. The monoisotopic (exact) mass is 235 g/mol. The molecule has 2 heterocycles. The van der Waals surface area contributed by atoms with Gasteiger partial charge in [0.15, 0.2) is 5.65 Å². The quantitative estimate of drug-likeness (QED) is 0.743. The number of nitrogens with zero attached hydrogens (tertiary/aromatic N) is 3. The van der Waals surface area contributed by atoms with Crippen LogP contribution in [0.25, 0.3) is 5.65 Å². The summed E-state index contributed by atoms with van der Waals surface area (Å²) in [6.45, 7) is 0. The van der Waals surface area contributed by atoms with Crippen molar-refractivity contribution >= 4 is 5.65 Å². The molecule has 2 unspecified atom stereocenters. The first-order chi connectivity index (χ1) is 8.24. The molecule has 3 rings (SSSR count). The van der Waals surface area contributed by atoms with Crippen LogP contribution in [0, 0.1) is 0 Å². The maximum Gasteiger partial charge on any atom is 0.348 e. The predicted molar refractivity (Wildman–Crippen MR) is 59.9 cm³/mol. The highest BCUT2D eigenvalue weighted by molar-refractivity contribution is 5.39. The van der Waals surface area contributed by atoms with Crippen molar-refractivity contribution in [3.63, 3.8) is 0 Å². The highest BCUT2D eigenvalue weighted by Gasteiger charge is 2.26. The zero-order valence-electron chi connectivity index (χ0n) is 9.17. The number of H-pyrrole nitrogens is 1. The third-order valence-corrected chi connectivity index (χ3v) is 3.06. The molecule has 0 bridgehead atoms. The van der Waals surface area contributed by atoms with Gasteiger partial charge in [0.1, 0.15) is 12.4 Å². The second-order valence-electron chi connectivity index (χ2n) is 4.24. The molecule has 0 saturated heterocycles. The fourth-order valence-electron chi connectivity index (χ4n) is 2.11. The molecule has 0 aliphatic heterocycles. The molecule has 2 aromatic rings. The Bertz CT molecular complexity index is 590. The molecule has 1 aliphatic carbocycles. The third-order valence-electron chi connectivity index (χ3n) is 3.06. The van der Waals surface area contributed by atoms with E-state index in [9.17, 15) is 4.79 Å². The van der Waals surface area contributed by atoms with Crippen LogP contribution < -0.4 is 16.2 Å². The third kappa shape index (κ3) is 1.78. The Labute approximate surface area is 96.6 Å². The first kappa shape index (κ1) is 10.3. The van der Waals surface area contributed by atoms with Crippen LogP contribution in [0.1, 0.15) is 19.3 Å². The smallest absolute Gasteiger partial charge is 0.348 e. The number of rotatable bonds is 2. The molecule has 7 nitrogen and oxygen atoms in total. The molecule has 90 valence electrons. The standard InChI is InChI=1S/C10H13N5O2/c11-6-2-1-3-7(6)17-9-4-8-13-14-10(16)15(8)5-12-9/h4-7H,1-3,11H2,(H,14,16). The highest BCUT2D eigenvalue weighted by atomic mass is 16.5. The Morgan fingerprint density at radius 2 is 2.41 bits per heavy atom. The van der Waals surface area contributed by atoms with Crippen molar-refractivity contribution in [3.05, 3.63) is 22.9 Å². The Hall–Kier alpha value is -1.89. The van der Waals surface area contributed by atoms with Gasteiger partial charge in [-0.1, -0.05) is 0 Å². The Balaban J connectivity index is 1.88. The van der Waals surface area contributed by atoms with Crippen LogP contribution in [0.4, 0.5) is 0 Å². The van der Waals surface area contributed by atoms with E-state index >= 15 is 0 Å². The van der Waals surface area contributed by atoms with Crippen molar-refractivity contribution in [2.75, 3.05) is 0 Å². The lowest BCUT2D eigenvalue weighted by molar-refractivity contribution is 0.183. The maximum absolute atomic E-state index is 11.2. The van der Waals surface area contributed by atoms with Crippen LogP contribution in [-0.4, -0.2) is 31.7 Å². The molecular formula is C10H13N5O2. The van der Waals surface area contributed by atoms with Gasteiger partial charge in [0.25, 0.3) is 0 Å². The van der Waals surface area contributed by atoms with Crippen LogP contribution >= 0.6 is 0 Å². The zero-order chi connectivity index (χ0) is 11.8. The van der Waals surface area contributed by atoms with Gasteiger partial charge in [0.2, 0.25) is 5.88 Å². The van der Waals surface area contributed by atoms with Crippen molar-refractivity contribution in [3.8, 4) is 5.88 Å². The van der Waals surface area contributed by atoms with Gasteiger partial charge in [0.05, 0.1) is 0 Å². The fourth-order valence-corrected chi connectivity index (χ4v) is 2.11. The molecule has 7 heteroatoms. The second-order valence-corrected chi connectivity index (χ2v) is 4.24. The van der Waals surface area contributed by atoms with E-state index in [1.807, 2.05) is 0 Å². The molecule has 0 spiro atoms. The minimum atomic E-state index is -0.309. The first-order valence-corrected chi connectivity index (χ1v) is 5.59. The van der Waals surface area contributed by atoms with Crippen LogP contribution in [0.3, 0.4) is 0 Å². The summed E-state index contributed by atoms with van der Waals surface area (Å²) in [5, 5.41) is 6.19. The van der Waals surface area contributed by atoms with E-state index in [0.29, 0.717) is 11.5 Å². The van der Waals surface area contributed by atoms with E-state index in [2.05, 4.69) is 15.2 Å². The number of aromatic nitrogens is 4. The van der Waals surface area contributed by atoms with Gasteiger partial charge in [-0.3, -0.25) is 0 Å². The summed E-state index contributed by atoms with van der Waals surface area (Å²) in [5.41, 5.74) is 6.10. The van der Waals surface area contributed by atoms with Gasteiger partial charge >= 0.3 is 5.69 Å². The molecule has 0 radical (unpaired) electrons. The summed E-state index contributed by atoms with van der Waals surface area (Å²) in [4.78, 5) is 15.3. The van der Waals surface area contributed by atoms with Gasteiger partial charge in [-0.05, 0) is 19.3 Å². The van der Waals surface area contributed by atoms with Gasteiger partial charge in [-0.25, -0.2) is 19.3 Å². The fraction of sp³-hybridized carbons (Fsp3) is 0.500. The molecule has 17 heavy (non-hydrogen) atoms. The molecule has 0 amide bonds. The lowest BCUT2D eigenvalue weighted by Crippen LogP contribution is -2.33. The predicted octanol–water partition coefficient (Wildman–Crippen LogP) is -0.324. The molecule has 1 fully saturated rings. The van der Waals surface area contributed by atoms with E-state index in [0.717, 1.165) is 19.3 Å². The van der Waals surface area contributed by atoms with E-state index in [1.54, 1.807) is 6.07 Å². The average Bonchev–Trinajstić information content (AvgIpc) is 2.87. The van der Waals surface area contributed by atoms with Crippen molar-refractivity contribution < 1.29 is 4.74 Å². The largest absolute Gasteiger partial charge is 0.473 e. The molecule has 1 aliphatic rings. The van der Waals surface area contributed by atoms with Gasteiger partial charge < -0.3 is 10.5 Å². The minimum absolute atomic E-state index is 0.00983. The van der Waals surface area contributed by atoms with Crippen molar-refractivity contribution in [2.24, 2.45) is 5.73 Å².